The SMILES string of the molecule is CC1c2cc(F)ccc2CCN1C(=O)Nc1ccc(N2CCSCC2)cc1. The van der Waals surface area contributed by atoms with Gasteiger partial charge in [-0.05, 0) is 60.9 Å². The summed E-state index contributed by atoms with van der Waals surface area (Å²) in [4.78, 5) is 16.9. The number of carbonyl (C=O) groups is 1. The number of benzene rings is 2. The monoisotopic (exact) mass is 385 g/mol. The van der Waals surface area contributed by atoms with Crippen LogP contribution in [0, 0.1) is 5.82 Å². The molecule has 0 spiro atoms. The Labute approximate surface area is 163 Å². The Bertz CT molecular complexity index is 821. The van der Waals surface area contributed by atoms with E-state index in [2.05, 4.69) is 22.3 Å². The number of anilines is 2. The van der Waals surface area contributed by atoms with Crippen molar-refractivity contribution in [1.29, 1.82) is 0 Å². The molecular formula is C21H24FN3OS. The average molecular weight is 386 g/mol. The van der Waals surface area contributed by atoms with Crippen molar-refractivity contribution >= 4 is 29.2 Å². The van der Waals surface area contributed by atoms with Gasteiger partial charge in [0.2, 0.25) is 0 Å². The largest absolute Gasteiger partial charge is 0.370 e. The maximum absolute atomic E-state index is 13.6. The van der Waals surface area contributed by atoms with Crippen molar-refractivity contribution in [1.82, 2.24) is 4.90 Å². The van der Waals surface area contributed by atoms with Gasteiger partial charge in [0.05, 0.1) is 6.04 Å². The number of nitrogens with zero attached hydrogens (tertiary/aromatic N) is 2. The van der Waals surface area contributed by atoms with E-state index < -0.39 is 0 Å². The number of hydrogen-bond acceptors (Lipinski definition) is 3. The first kappa shape index (κ1) is 18.2. The maximum atomic E-state index is 13.6. The quantitative estimate of drug-likeness (QED) is 0.825. The summed E-state index contributed by atoms with van der Waals surface area (Å²) in [6, 6.07) is 12.6. The molecule has 27 heavy (non-hydrogen) atoms. The van der Waals surface area contributed by atoms with Gasteiger partial charge in [0.25, 0.3) is 0 Å². The summed E-state index contributed by atoms with van der Waals surface area (Å²) in [6.07, 6.45) is 0.749. The zero-order valence-electron chi connectivity index (χ0n) is 15.5. The van der Waals surface area contributed by atoms with Crippen LogP contribution in [-0.2, 0) is 6.42 Å². The number of carbonyl (C=O) groups excluding carboxylic acids is 1. The van der Waals surface area contributed by atoms with Gasteiger partial charge in [0, 0.05) is 42.5 Å². The van der Waals surface area contributed by atoms with Crippen LogP contribution in [0.3, 0.4) is 0 Å². The van der Waals surface area contributed by atoms with Crippen LogP contribution in [0.1, 0.15) is 24.1 Å². The molecule has 1 atom stereocenters. The number of nitrogens with one attached hydrogen (secondary N) is 1. The van der Waals surface area contributed by atoms with Crippen molar-refractivity contribution in [3.05, 3.63) is 59.4 Å². The Morgan fingerprint density at radius 2 is 1.85 bits per heavy atom. The van der Waals surface area contributed by atoms with Crippen LogP contribution in [0.2, 0.25) is 0 Å². The highest BCUT2D eigenvalue weighted by Gasteiger charge is 2.28. The molecule has 2 aromatic rings. The molecule has 0 saturated carbocycles. The fourth-order valence-corrected chi connectivity index (χ4v) is 4.74. The summed E-state index contributed by atoms with van der Waals surface area (Å²) in [7, 11) is 0. The predicted molar refractivity (Wildman–Crippen MR) is 110 cm³/mol. The summed E-state index contributed by atoms with van der Waals surface area (Å²) >= 11 is 1.99. The molecular weight excluding hydrogens is 361 g/mol. The molecule has 1 fully saturated rings. The van der Waals surface area contributed by atoms with Crippen LogP contribution < -0.4 is 10.2 Å². The molecule has 0 aliphatic carbocycles. The van der Waals surface area contributed by atoms with Gasteiger partial charge >= 0.3 is 6.03 Å². The normalized spacial score (nSPS) is 19.6. The Kier molecular flexibility index (Phi) is 5.25. The highest BCUT2D eigenvalue weighted by Crippen LogP contribution is 2.30. The number of amides is 2. The molecule has 142 valence electrons. The first-order valence-corrected chi connectivity index (χ1v) is 10.6. The molecule has 2 heterocycles. The van der Waals surface area contributed by atoms with Crippen LogP contribution in [0.25, 0.3) is 0 Å². The summed E-state index contributed by atoms with van der Waals surface area (Å²) in [5.74, 6) is 2.07. The van der Waals surface area contributed by atoms with Crippen molar-refractivity contribution in [2.45, 2.75) is 19.4 Å². The molecule has 4 rings (SSSR count). The second kappa shape index (κ2) is 7.80. The van der Waals surface area contributed by atoms with Gasteiger partial charge in [-0.1, -0.05) is 6.07 Å². The van der Waals surface area contributed by atoms with Gasteiger partial charge in [-0.2, -0.15) is 11.8 Å². The third kappa shape index (κ3) is 3.90. The average Bonchev–Trinajstić information content (AvgIpc) is 2.70. The van der Waals surface area contributed by atoms with Gasteiger partial charge in [-0.3, -0.25) is 0 Å². The van der Waals surface area contributed by atoms with Crippen molar-refractivity contribution in [2.75, 3.05) is 41.4 Å². The fraction of sp³-hybridized carbons (Fsp3) is 0.381. The number of hydrogen-bond donors (Lipinski definition) is 1. The summed E-state index contributed by atoms with van der Waals surface area (Å²) < 4.78 is 13.6. The van der Waals surface area contributed by atoms with Crippen molar-refractivity contribution < 1.29 is 9.18 Å². The van der Waals surface area contributed by atoms with Crippen LogP contribution >= 0.6 is 11.8 Å². The first-order valence-electron chi connectivity index (χ1n) is 9.40. The van der Waals surface area contributed by atoms with Crippen molar-refractivity contribution in [2.24, 2.45) is 0 Å². The Hall–Kier alpha value is -2.21. The number of thioether (sulfide) groups is 1. The maximum Gasteiger partial charge on any atom is 0.322 e. The Morgan fingerprint density at radius 1 is 1.11 bits per heavy atom. The molecule has 0 bridgehead atoms. The number of urea groups is 1. The second-order valence-electron chi connectivity index (χ2n) is 7.04. The summed E-state index contributed by atoms with van der Waals surface area (Å²) in [5, 5.41) is 2.99. The minimum absolute atomic E-state index is 0.139. The number of fused-ring (bicyclic) bond motifs is 1. The van der Waals surface area contributed by atoms with E-state index in [1.54, 1.807) is 11.0 Å². The van der Waals surface area contributed by atoms with E-state index in [4.69, 9.17) is 0 Å². The van der Waals surface area contributed by atoms with Crippen LogP contribution in [-0.4, -0.2) is 42.1 Å². The zero-order chi connectivity index (χ0) is 18.8. The molecule has 1 saturated heterocycles. The number of halogens is 1. The smallest absolute Gasteiger partial charge is 0.322 e. The van der Waals surface area contributed by atoms with Gasteiger partial charge in [-0.15, -0.1) is 0 Å². The van der Waals surface area contributed by atoms with E-state index in [0.29, 0.717) is 6.54 Å². The van der Waals surface area contributed by atoms with Crippen LogP contribution in [0.4, 0.5) is 20.6 Å². The fourth-order valence-electron chi connectivity index (χ4n) is 3.83. The minimum atomic E-state index is -0.255. The lowest BCUT2D eigenvalue weighted by Gasteiger charge is -2.35. The van der Waals surface area contributed by atoms with E-state index in [1.807, 2.05) is 36.9 Å². The lowest BCUT2D eigenvalue weighted by molar-refractivity contribution is 0.188. The highest BCUT2D eigenvalue weighted by atomic mass is 32.2. The Morgan fingerprint density at radius 3 is 2.59 bits per heavy atom. The van der Waals surface area contributed by atoms with E-state index in [1.165, 1.54) is 11.8 Å². The van der Waals surface area contributed by atoms with Crippen molar-refractivity contribution in [3.63, 3.8) is 0 Å². The molecule has 1 N–H and O–H groups in total. The lowest BCUT2D eigenvalue weighted by Crippen LogP contribution is -2.41. The molecule has 2 aliphatic rings. The molecule has 2 amide bonds. The van der Waals surface area contributed by atoms with Crippen molar-refractivity contribution in [3.8, 4) is 0 Å². The molecule has 4 nitrogen and oxygen atoms in total. The highest BCUT2D eigenvalue weighted by molar-refractivity contribution is 7.99. The first-order chi connectivity index (χ1) is 13.1. The van der Waals surface area contributed by atoms with Gasteiger partial charge in [0.1, 0.15) is 5.82 Å². The van der Waals surface area contributed by atoms with Crippen LogP contribution in [0.15, 0.2) is 42.5 Å². The van der Waals surface area contributed by atoms with Gasteiger partial charge < -0.3 is 15.1 Å². The Balaban J connectivity index is 1.43. The molecule has 0 aromatic heterocycles. The van der Waals surface area contributed by atoms with Crippen LogP contribution in [0.5, 0.6) is 0 Å². The lowest BCUT2D eigenvalue weighted by atomic mass is 9.94. The van der Waals surface area contributed by atoms with E-state index >= 15 is 0 Å². The molecule has 6 heteroatoms. The second-order valence-corrected chi connectivity index (χ2v) is 8.26. The van der Waals surface area contributed by atoms with Gasteiger partial charge in [-0.25, -0.2) is 9.18 Å². The predicted octanol–water partition coefficient (Wildman–Crippen LogP) is 4.53. The zero-order valence-corrected chi connectivity index (χ0v) is 16.3. The van der Waals surface area contributed by atoms with Gasteiger partial charge in [0.15, 0.2) is 0 Å². The molecule has 0 radical (unpaired) electrons. The van der Waals surface area contributed by atoms with E-state index in [9.17, 15) is 9.18 Å². The molecule has 1 unspecified atom stereocenters. The molecule has 2 aliphatic heterocycles. The molecule has 2 aromatic carbocycles. The summed E-state index contributed by atoms with van der Waals surface area (Å²) in [6.45, 7) is 4.72. The third-order valence-electron chi connectivity index (χ3n) is 5.40. The number of rotatable bonds is 2. The standard InChI is InChI=1S/C21H24FN3OS/c1-15-20-14-17(22)3-2-16(20)8-9-25(15)21(26)23-18-4-6-19(7-5-18)24-10-12-27-13-11-24/h2-7,14-15H,8-13H2,1H3,(H,23,26). The van der Waals surface area contributed by atoms with E-state index in [0.717, 1.165) is 47.8 Å². The minimum Gasteiger partial charge on any atom is -0.370 e. The topological polar surface area (TPSA) is 35.6 Å². The summed E-state index contributed by atoms with van der Waals surface area (Å²) in [5.41, 5.74) is 4.00. The third-order valence-corrected chi connectivity index (χ3v) is 6.35. The van der Waals surface area contributed by atoms with E-state index in [-0.39, 0.29) is 17.9 Å².